The van der Waals surface area contributed by atoms with Crippen LogP contribution in [0.4, 0.5) is 10.1 Å². The lowest BCUT2D eigenvalue weighted by Gasteiger charge is -2.35. The molecule has 0 aromatic heterocycles. The van der Waals surface area contributed by atoms with Crippen LogP contribution in [0.25, 0.3) is 0 Å². The minimum absolute atomic E-state index is 0.0698. The Kier molecular flexibility index (Phi) is 5.59. The Morgan fingerprint density at radius 2 is 1.74 bits per heavy atom. The Labute approximate surface area is 159 Å². The van der Waals surface area contributed by atoms with Crippen LogP contribution in [0.1, 0.15) is 46.5 Å². The molecule has 0 spiro atoms. The second kappa shape index (κ2) is 7.91. The molecule has 4 nitrogen and oxygen atoms in total. The highest BCUT2D eigenvalue weighted by Gasteiger charge is 2.27. The van der Waals surface area contributed by atoms with Crippen LogP contribution in [0.15, 0.2) is 42.5 Å². The number of hydrogen-bond donors (Lipinski definition) is 1. The Balaban J connectivity index is 1.82. The van der Waals surface area contributed by atoms with Gasteiger partial charge in [-0.3, -0.25) is 9.59 Å². The number of nitrogens with one attached hydrogen (secondary N) is 1. The number of para-hydroxylation sites is 1. The summed E-state index contributed by atoms with van der Waals surface area (Å²) in [5.74, 6) is 0.136. The molecular weight excluding hydrogens is 343 g/mol. The van der Waals surface area contributed by atoms with Gasteiger partial charge in [-0.15, -0.1) is 0 Å². The Morgan fingerprint density at radius 1 is 1.07 bits per heavy atom. The Bertz CT molecular complexity index is 855. The van der Waals surface area contributed by atoms with Crippen LogP contribution >= 0.6 is 0 Å². The molecule has 0 aliphatic carbocycles. The number of aryl methyl sites for hydroxylation is 1. The molecule has 0 saturated carbocycles. The molecule has 2 amide bonds. The van der Waals surface area contributed by atoms with Gasteiger partial charge in [0.2, 0.25) is 0 Å². The number of carbonyl (C=O) groups excluding carboxylic acids is 2. The molecule has 1 saturated heterocycles. The summed E-state index contributed by atoms with van der Waals surface area (Å²) >= 11 is 0. The maximum absolute atomic E-state index is 13.4. The van der Waals surface area contributed by atoms with Gasteiger partial charge in [-0.1, -0.05) is 26.0 Å². The van der Waals surface area contributed by atoms with E-state index in [1.54, 1.807) is 31.2 Å². The lowest BCUT2D eigenvalue weighted by atomic mass is 9.91. The van der Waals surface area contributed by atoms with Crippen LogP contribution in [0.2, 0.25) is 0 Å². The third-order valence-corrected chi connectivity index (χ3v) is 4.98. The number of carbonyl (C=O) groups is 2. The number of likely N-dealkylation sites (tertiary alicyclic amines) is 1. The number of anilines is 1. The van der Waals surface area contributed by atoms with Gasteiger partial charge in [-0.25, -0.2) is 4.39 Å². The van der Waals surface area contributed by atoms with Crippen LogP contribution < -0.4 is 5.32 Å². The second-order valence-corrected chi connectivity index (χ2v) is 7.62. The van der Waals surface area contributed by atoms with E-state index in [1.807, 2.05) is 4.90 Å². The summed E-state index contributed by atoms with van der Waals surface area (Å²) in [6.07, 6.45) is 1.12. The van der Waals surface area contributed by atoms with E-state index in [2.05, 4.69) is 19.2 Å². The highest BCUT2D eigenvalue weighted by molar-refractivity contribution is 6.09. The van der Waals surface area contributed by atoms with Crippen molar-refractivity contribution in [2.24, 2.45) is 11.8 Å². The summed E-state index contributed by atoms with van der Waals surface area (Å²) in [4.78, 5) is 27.5. The first-order chi connectivity index (χ1) is 12.8. The molecule has 1 heterocycles. The van der Waals surface area contributed by atoms with Crippen LogP contribution in [0.3, 0.4) is 0 Å². The monoisotopic (exact) mass is 368 g/mol. The van der Waals surface area contributed by atoms with Gasteiger partial charge in [0, 0.05) is 18.7 Å². The predicted octanol–water partition coefficient (Wildman–Crippen LogP) is 4.50. The molecule has 5 heteroatoms. The fraction of sp³-hybridized carbons (Fsp3) is 0.364. The zero-order valence-electron chi connectivity index (χ0n) is 16.0. The smallest absolute Gasteiger partial charge is 0.255 e. The highest BCUT2D eigenvalue weighted by Crippen LogP contribution is 2.25. The minimum Gasteiger partial charge on any atom is -0.338 e. The average molecular weight is 368 g/mol. The van der Waals surface area contributed by atoms with Crippen molar-refractivity contribution >= 4 is 17.5 Å². The zero-order valence-corrected chi connectivity index (χ0v) is 16.0. The predicted molar refractivity (Wildman–Crippen MR) is 104 cm³/mol. The molecule has 1 aliphatic rings. The van der Waals surface area contributed by atoms with E-state index in [1.165, 1.54) is 18.2 Å². The number of benzene rings is 2. The molecule has 1 fully saturated rings. The van der Waals surface area contributed by atoms with Gasteiger partial charge in [0.25, 0.3) is 11.8 Å². The molecule has 0 radical (unpaired) electrons. The van der Waals surface area contributed by atoms with Crippen molar-refractivity contribution in [2.75, 3.05) is 18.4 Å². The molecular formula is C22H25FN2O2. The molecule has 1 N–H and O–H groups in total. The summed E-state index contributed by atoms with van der Waals surface area (Å²) in [5, 5.41) is 2.81. The van der Waals surface area contributed by atoms with Gasteiger partial charge < -0.3 is 10.2 Å². The van der Waals surface area contributed by atoms with Crippen LogP contribution in [0, 0.1) is 24.6 Å². The second-order valence-electron chi connectivity index (χ2n) is 7.62. The first kappa shape index (κ1) is 19.1. The van der Waals surface area contributed by atoms with E-state index in [9.17, 15) is 14.0 Å². The van der Waals surface area contributed by atoms with E-state index in [4.69, 9.17) is 0 Å². The van der Waals surface area contributed by atoms with Crippen molar-refractivity contribution in [3.8, 4) is 0 Å². The van der Waals surface area contributed by atoms with Gasteiger partial charge in [-0.2, -0.15) is 0 Å². The van der Waals surface area contributed by atoms with Crippen LogP contribution in [-0.4, -0.2) is 29.8 Å². The maximum Gasteiger partial charge on any atom is 0.255 e. The average Bonchev–Trinajstić information content (AvgIpc) is 2.63. The van der Waals surface area contributed by atoms with Gasteiger partial charge >= 0.3 is 0 Å². The molecule has 1 aliphatic heterocycles. The third kappa shape index (κ3) is 4.35. The van der Waals surface area contributed by atoms with Crippen molar-refractivity contribution in [3.63, 3.8) is 0 Å². The fourth-order valence-corrected chi connectivity index (χ4v) is 3.76. The van der Waals surface area contributed by atoms with Gasteiger partial charge in [0.05, 0.1) is 11.3 Å². The number of piperidine rings is 1. The topological polar surface area (TPSA) is 49.4 Å². The molecule has 27 heavy (non-hydrogen) atoms. The molecule has 3 rings (SSSR count). The van der Waals surface area contributed by atoms with Crippen molar-refractivity contribution < 1.29 is 14.0 Å². The molecule has 142 valence electrons. The molecule has 2 aromatic carbocycles. The molecule has 2 unspecified atom stereocenters. The van der Waals surface area contributed by atoms with Gasteiger partial charge in [-0.05, 0) is 61.1 Å². The number of rotatable bonds is 3. The largest absolute Gasteiger partial charge is 0.338 e. The number of nitrogens with zero attached hydrogens (tertiary/aromatic N) is 1. The quantitative estimate of drug-likeness (QED) is 0.867. The van der Waals surface area contributed by atoms with E-state index in [0.717, 1.165) is 19.5 Å². The highest BCUT2D eigenvalue weighted by atomic mass is 19.1. The van der Waals surface area contributed by atoms with E-state index in [-0.39, 0.29) is 17.6 Å². The normalized spacial score (nSPS) is 19.6. The minimum atomic E-state index is -0.362. The number of hydrogen-bond acceptors (Lipinski definition) is 2. The Hall–Kier alpha value is -2.69. The molecule has 2 atom stereocenters. The summed E-state index contributed by atoms with van der Waals surface area (Å²) in [6, 6.07) is 11.2. The van der Waals surface area contributed by atoms with E-state index < -0.39 is 0 Å². The lowest BCUT2D eigenvalue weighted by molar-refractivity contribution is 0.0624. The van der Waals surface area contributed by atoms with Crippen molar-refractivity contribution in [1.29, 1.82) is 0 Å². The maximum atomic E-state index is 13.4. The molecule has 2 aromatic rings. The van der Waals surface area contributed by atoms with Crippen molar-refractivity contribution in [2.45, 2.75) is 27.2 Å². The standard InChI is InChI=1S/C22H25FN2O2/c1-14-10-15(2)13-25(12-14)22(27)18-6-4-5-7-20(18)24-21(26)17-8-9-19(23)16(3)11-17/h4-9,11,14-15H,10,12-13H2,1-3H3,(H,24,26). The SMILES string of the molecule is Cc1cc(C(=O)Nc2ccccc2C(=O)N2CC(C)CC(C)C2)ccc1F. The molecule has 0 bridgehead atoms. The van der Waals surface area contributed by atoms with Crippen molar-refractivity contribution in [1.82, 2.24) is 4.90 Å². The summed E-state index contributed by atoms with van der Waals surface area (Å²) < 4.78 is 13.4. The van der Waals surface area contributed by atoms with Crippen LogP contribution in [-0.2, 0) is 0 Å². The van der Waals surface area contributed by atoms with Crippen molar-refractivity contribution in [3.05, 3.63) is 65.0 Å². The summed E-state index contributed by atoms with van der Waals surface area (Å²) in [7, 11) is 0. The third-order valence-electron chi connectivity index (χ3n) is 4.98. The Morgan fingerprint density at radius 3 is 2.41 bits per heavy atom. The van der Waals surface area contributed by atoms with Crippen LogP contribution in [0.5, 0.6) is 0 Å². The first-order valence-electron chi connectivity index (χ1n) is 9.31. The summed E-state index contributed by atoms with van der Waals surface area (Å²) in [5.41, 5.74) is 1.71. The summed E-state index contributed by atoms with van der Waals surface area (Å²) in [6.45, 7) is 7.37. The van der Waals surface area contributed by atoms with Gasteiger partial charge in [0.15, 0.2) is 0 Å². The lowest BCUT2D eigenvalue weighted by Crippen LogP contribution is -2.42. The van der Waals surface area contributed by atoms with E-state index in [0.29, 0.717) is 34.2 Å². The van der Waals surface area contributed by atoms with Gasteiger partial charge in [0.1, 0.15) is 5.82 Å². The zero-order chi connectivity index (χ0) is 19.6. The van der Waals surface area contributed by atoms with E-state index >= 15 is 0 Å². The number of amides is 2. The first-order valence-corrected chi connectivity index (χ1v) is 9.31. The number of halogens is 1. The fourth-order valence-electron chi connectivity index (χ4n) is 3.76.